The molecule has 26 heavy (non-hydrogen) atoms. The van der Waals surface area contributed by atoms with Crippen LogP contribution in [0.3, 0.4) is 0 Å². The number of nitrogens with one attached hydrogen (secondary N) is 1. The molecule has 1 aromatic heterocycles. The second kappa shape index (κ2) is 9.06. The van der Waals surface area contributed by atoms with Crippen LogP contribution in [0.4, 0.5) is 0 Å². The maximum atomic E-state index is 11.9. The lowest BCUT2D eigenvalue weighted by Gasteiger charge is -2.07. The molecule has 1 amide bonds. The first-order valence-electron chi connectivity index (χ1n) is 8.45. The number of nitrogens with zero attached hydrogens (tertiary/aromatic N) is 2. The Morgan fingerprint density at radius 2 is 1.88 bits per heavy atom. The van der Waals surface area contributed by atoms with Gasteiger partial charge >= 0.3 is 0 Å². The molecule has 0 bridgehead atoms. The Morgan fingerprint density at radius 1 is 1.12 bits per heavy atom. The Kier molecular flexibility index (Phi) is 6.28. The van der Waals surface area contributed by atoms with Gasteiger partial charge in [-0.3, -0.25) is 4.79 Å². The van der Waals surface area contributed by atoms with Crippen molar-refractivity contribution >= 4 is 17.5 Å². The van der Waals surface area contributed by atoms with Gasteiger partial charge in [-0.2, -0.15) is 5.10 Å². The third kappa shape index (κ3) is 5.36. The predicted molar refractivity (Wildman–Crippen MR) is 102 cm³/mol. The van der Waals surface area contributed by atoms with E-state index in [0.29, 0.717) is 31.0 Å². The van der Waals surface area contributed by atoms with Crippen LogP contribution in [0.15, 0.2) is 67.0 Å². The zero-order chi connectivity index (χ0) is 18.2. The van der Waals surface area contributed by atoms with E-state index in [1.807, 2.05) is 41.2 Å². The summed E-state index contributed by atoms with van der Waals surface area (Å²) in [6, 6.07) is 17.0. The Hall–Kier alpha value is -2.79. The molecule has 3 rings (SSSR count). The Morgan fingerprint density at radius 3 is 2.65 bits per heavy atom. The van der Waals surface area contributed by atoms with E-state index in [-0.39, 0.29) is 5.91 Å². The minimum atomic E-state index is -0.00262. The van der Waals surface area contributed by atoms with Gasteiger partial charge in [0.2, 0.25) is 5.91 Å². The summed E-state index contributed by atoms with van der Waals surface area (Å²) in [4.78, 5) is 11.9. The Labute approximate surface area is 157 Å². The molecule has 0 aliphatic heterocycles. The van der Waals surface area contributed by atoms with Gasteiger partial charge in [0.05, 0.1) is 18.4 Å². The molecule has 1 heterocycles. The molecule has 0 saturated carbocycles. The number of amides is 1. The minimum absolute atomic E-state index is 0.00262. The van der Waals surface area contributed by atoms with Crippen LogP contribution in [-0.4, -0.2) is 28.8 Å². The molecule has 2 aromatic carbocycles. The Balaban J connectivity index is 1.36. The van der Waals surface area contributed by atoms with Crippen molar-refractivity contribution in [2.24, 2.45) is 0 Å². The lowest BCUT2D eigenvalue weighted by molar-refractivity contribution is -0.121. The van der Waals surface area contributed by atoms with Gasteiger partial charge in [-0.25, -0.2) is 4.68 Å². The summed E-state index contributed by atoms with van der Waals surface area (Å²) in [5, 5.41) is 7.86. The van der Waals surface area contributed by atoms with Gasteiger partial charge in [-0.1, -0.05) is 29.8 Å². The van der Waals surface area contributed by atoms with Gasteiger partial charge in [0.15, 0.2) is 0 Å². The van der Waals surface area contributed by atoms with E-state index in [9.17, 15) is 4.79 Å². The molecule has 5 nitrogen and oxygen atoms in total. The summed E-state index contributed by atoms with van der Waals surface area (Å²) in [7, 11) is 0. The molecule has 0 atom stereocenters. The molecule has 0 aliphatic carbocycles. The van der Waals surface area contributed by atoms with Crippen LogP contribution in [0, 0.1) is 0 Å². The molecule has 0 spiro atoms. The van der Waals surface area contributed by atoms with E-state index in [2.05, 4.69) is 10.4 Å². The van der Waals surface area contributed by atoms with Gasteiger partial charge < -0.3 is 10.1 Å². The molecular weight excluding hydrogens is 350 g/mol. The number of hydrogen-bond acceptors (Lipinski definition) is 3. The average Bonchev–Trinajstić information content (AvgIpc) is 3.15. The lowest BCUT2D eigenvalue weighted by atomic mass is 10.2. The van der Waals surface area contributed by atoms with Crippen molar-refractivity contribution in [2.75, 3.05) is 13.2 Å². The van der Waals surface area contributed by atoms with Crippen LogP contribution in [0.25, 0.3) is 5.69 Å². The van der Waals surface area contributed by atoms with Crippen molar-refractivity contribution in [3.8, 4) is 11.4 Å². The quantitative estimate of drug-likeness (QED) is 0.616. The van der Waals surface area contributed by atoms with Crippen LogP contribution in [0.5, 0.6) is 5.75 Å². The van der Waals surface area contributed by atoms with Crippen LogP contribution in [-0.2, 0) is 11.2 Å². The number of aryl methyl sites for hydroxylation is 1. The van der Waals surface area contributed by atoms with Crippen LogP contribution in [0.1, 0.15) is 12.0 Å². The molecule has 0 radical (unpaired) electrons. The van der Waals surface area contributed by atoms with E-state index in [1.54, 1.807) is 30.5 Å². The van der Waals surface area contributed by atoms with Crippen molar-refractivity contribution in [1.82, 2.24) is 15.1 Å². The first-order valence-corrected chi connectivity index (χ1v) is 8.82. The second-order valence-electron chi connectivity index (χ2n) is 5.78. The number of hydrogen-bond donors (Lipinski definition) is 1. The number of halogens is 1. The number of benzene rings is 2. The number of rotatable bonds is 8. The number of carbonyl (C=O) groups is 1. The monoisotopic (exact) mass is 369 g/mol. The fourth-order valence-corrected chi connectivity index (χ4v) is 2.57. The summed E-state index contributed by atoms with van der Waals surface area (Å²) in [6.45, 7) is 0.879. The fraction of sp³-hybridized carbons (Fsp3) is 0.200. The van der Waals surface area contributed by atoms with Crippen LogP contribution >= 0.6 is 11.6 Å². The zero-order valence-corrected chi connectivity index (χ0v) is 15.0. The Bertz CT molecular complexity index is 832. The number of carbonyl (C=O) groups excluding carboxylic acids is 1. The first kappa shape index (κ1) is 18.0. The number of ether oxygens (including phenoxy) is 1. The minimum Gasteiger partial charge on any atom is -0.492 e. The molecular formula is C20H20ClN3O2. The molecule has 0 aliphatic rings. The molecule has 0 unspecified atom stereocenters. The van der Waals surface area contributed by atoms with Crippen LogP contribution < -0.4 is 10.1 Å². The largest absolute Gasteiger partial charge is 0.492 e. The van der Waals surface area contributed by atoms with E-state index >= 15 is 0 Å². The summed E-state index contributed by atoms with van der Waals surface area (Å²) in [6.07, 6.45) is 4.81. The smallest absolute Gasteiger partial charge is 0.220 e. The SMILES string of the molecule is O=C(CCc1cnn(-c2ccccc2)c1)NCCOc1ccc(Cl)cc1. The summed E-state index contributed by atoms with van der Waals surface area (Å²) in [5.41, 5.74) is 2.03. The fourth-order valence-electron chi connectivity index (χ4n) is 2.45. The lowest BCUT2D eigenvalue weighted by Crippen LogP contribution is -2.28. The van der Waals surface area contributed by atoms with E-state index in [0.717, 1.165) is 17.0 Å². The predicted octanol–water partition coefficient (Wildman–Crippen LogP) is 3.65. The van der Waals surface area contributed by atoms with Gasteiger partial charge in [0.25, 0.3) is 0 Å². The molecule has 0 saturated heterocycles. The molecule has 1 N–H and O–H groups in total. The third-order valence-corrected chi connectivity index (χ3v) is 4.06. The first-order chi connectivity index (χ1) is 12.7. The number of aromatic nitrogens is 2. The van der Waals surface area contributed by atoms with E-state index < -0.39 is 0 Å². The topological polar surface area (TPSA) is 56.2 Å². The van der Waals surface area contributed by atoms with Crippen molar-refractivity contribution in [1.29, 1.82) is 0 Å². The highest BCUT2D eigenvalue weighted by Gasteiger charge is 2.05. The van der Waals surface area contributed by atoms with Gasteiger partial charge in [-0.05, 0) is 48.4 Å². The molecule has 3 aromatic rings. The van der Waals surface area contributed by atoms with Crippen molar-refractivity contribution in [3.63, 3.8) is 0 Å². The highest BCUT2D eigenvalue weighted by molar-refractivity contribution is 6.30. The van der Waals surface area contributed by atoms with Crippen molar-refractivity contribution in [3.05, 3.63) is 77.6 Å². The molecule has 134 valence electrons. The zero-order valence-electron chi connectivity index (χ0n) is 14.3. The van der Waals surface area contributed by atoms with Crippen molar-refractivity contribution < 1.29 is 9.53 Å². The second-order valence-corrected chi connectivity index (χ2v) is 6.22. The van der Waals surface area contributed by atoms with Crippen molar-refractivity contribution in [2.45, 2.75) is 12.8 Å². The highest BCUT2D eigenvalue weighted by atomic mass is 35.5. The number of para-hydroxylation sites is 1. The summed E-state index contributed by atoms with van der Waals surface area (Å²) in [5.74, 6) is 0.731. The standard InChI is InChI=1S/C20H20ClN3O2/c21-17-7-9-19(10-8-17)26-13-12-22-20(25)11-6-16-14-23-24(15-16)18-4-2-1-3-5-18/h1-5,7-10,14-15H,6,11-13H2,(H,22,25). The normalized spacial score (nSPS) is 10.5. The van der Waals surface area contributed by atoms with E-state index in [4.69, 9.17) is 16.3 Å². The summed E-state index contributed by atoms with van der Waals surface area (Å²) < 4.78 is 7.35. The average molecular weight is 370 g/mol. The summed E-state index contributed by atoms with van der Waals surface area (Å²) >= 11 is 5.82. The maximum Gasteiger partial charge on any atom is 0.220 e. The van der Waals surface area contributed by atoms with Gasteiger partial charge in [-0.15, -0.1) is 0 Å². The van der Waals surface area contributed by atoms with Gasteiger partial charge in [0, 0.05) is 17.6 Å². The molecule has 6 heteroatoms. The molecule has 0 fully saturated rings. The van der Waals surface area contributed by atoms with Crippen LogP contribution in [0.2, 0.25) is 5.02 Å². The van der Waals surface area contributed by atoms with Gasteiger partial charge in [0.1, 0.15) is 12.4 Å². The third-order valence-electron chi connectivity index (χ3n) is 3.80. The maximum absolute atomic E-state index is 11.9. The van der Waals surface area contributed by atoms with E-state index in [1.165, 1.54) is 0 Å². The highest BCUT2D eigenvalue weighted by Crippen LogP contribution is 2.15.